The lowest BCUT2D eigenvalue weighted by Crippen LogP contribution is -2.46. The molecule has 6 nitrogen and oxygen atoms in total. The van der Waals surface area contributed by atoms with Crippen LogP contribution in [0.2, 0.25) is 0 Å². The van der Waals surface area contributed by atoms with Crippen molar-refractivity contribution in [3.8, 4) is 0 Å². The fraction of sp³-hybridized carbons (Fsp3) is 0.450. The Labute approximate surface area is 154 Å². The fourth-order valence-electron chi connectivity index (χ4n) is 2.88. The number of Topliss-reactive ketones (excluding diaryl/α,β-unsaturated/α-hetero) is 1. The van der Waals surface area contributed by atoms with Gasteiger partial charge in [-0.25, -0.2) is 4.79 Å². The number of ketones is 1. The van der Waals surface area contributed by atoms with Crippen LogP contribution in [0.25, 0.3) is 0 Å². The topological polar surface area (TPSA) is 75.7 Å². The SMILES string of the molecule is C=CCOC(=O)NC1CCN(C(=O)CCC(=O)c2ccc(C)cc2)CC1. The molecule has 1 aliphatic rings. The molecule has 0 aliphatic carbocycles. The summed E-state index contributed by atoms with van der Waals surface area (Å²) in [6.45, 7) is 6.78. The normalized spacial score (nSPS) is 14.6. The van der Waals surface area contributed by atoms with Gasteiger partial charge in [0.05, 0.1) is 0 Å². The number of rotatable bonds is 7. The molecule has 2 amide bonds. The molecule has 1 aromatic carbocycles. The van der Waals surface area contributed by atoms with Gasteiger partial charge in [0.2, 0.25) is 5.91 Å². The number of nitrogens with one attached hydrogen (secondary N) is 1. The standard InChI is InChI=1S/C20H26N2O4/c1-3-14-26-20(25)21-17-10-12-22(13-11-17)19(24)9-8-18(23)16-6-4-15(2)5-7-16/h3-7,17H,1,8-14H2,2H3,(H,21,25). The minimum Gasteiger partial charge on any atom is -0.445 e. The van der Waals surface area contributed by atoms with E-state index < -0.39 is 6.09 Å². The van der Waals surface area contributed by atoms with Crippen molar-refractivity contribution >= 4 is 17.8 Å². The Morgan fingerprint density at radius 2 is 1.85 bits per heavy atom. The summed E-state index contributed by atoms with van der Waals surface area (Å²) in [5, 5.41) is 2.79. The number of aryl methyl sites for hydroxylation is 1. The highest BCUT2D eigenvalue weighted by Crippen LogP contribution is 2.14. The zero-order valence-corrected chi connectivity index (χ0v) is 15.2. The Bertz CT molecular complexity index is 646. The third-order valence-electron chi connectivity index (χ3n) is 4.44. The Balaban J connectivity index is 1.71. The van der Waals surface area contributed by atoms with E-state index in [1.165, 1.54) is 6.08 Å². The van der Waals surface area contributed by atoms with Crippen LogP contribution in [-0.4, -0.2) is 48.4 Å². The second kappa shape index (κ2) is 9.75. The zero-order valence-electron chi connectivity index (χ0n) is 15.2. The molecule has 0 bridgehead atoms. The first-order chi connectivity index (χ1) is 12.5. The quantitative estimate of drug-likeness (QED) is 0.601. The van der Waals surface area contributed by atoms with Gasteiger partial charge in [-0.15, -0.1) is 0 Å². The van der Waals surface area contributed by atoms with Crippen molar-refractivity contribution in [2.75, 3.05) is 19.7 Å². The van der Waals surface area contributed by atoms with Crippen LogP contribution in [0.4, 0.5) is 4.79 Å². The maximum Gasteiger partial charge on any atom is 0.407 e. The van der Waals surface area contributed by atoms with Gasteiger partial charge >= 0.3 is 6.09 Å². The Morgan fingerprint density at radius 3 is 2.46 bits per heavy atom. The first-order valence-corrected chi connectivity index (χ1v) is 8.91. The molecule has 1 aliphatic heterocycles. The zero-order chi connectivity index (χ0) is 18.9. The number of amides is 2. The average molecular weight is 358 g/mol. The molecule has 1 fully saturated rings. The number of benzene rings is 1. The van der Waals surface area contributed by atoms with Crippen LogP contribution in [-0.2, 0) is 9.53 Å². The third-order valence-corrected chi connectivity index (χ3v) is 4.44. The molecule has 0 aromatic heterocycles. The van der Waals surface area contributed by atoms with Crippen molar-refractivity contribution in [2.45, 2.75) is 38.6 Å². The molecule has 1 saturated heterocycles. The Kier molecular flexibility index (Phi) is 7.38. The van der Waals surface area contributed by atoms with Crippen molar-refractivity contribution in [3.63, 3.8) is 0 Å². The Hall–Kier alpha value is -2.63. The molecule has 0 radical (unpaired) electrons. The molecular formula is C20H26N2O4. The van der Waals surface area contributed by atoms with E-state index in [1.54, 1.807) is 17.0 Å². The molecule has 0 saturated carbocycles. The highest BCUT2D eigenvalue weighted by Gasteiger charge is 2.24. The van der Waals surface area contributed by atoms with Crippen molar-refractivity contribution in [2.24, 2.45) is 0 Å². The molecule has 1 heterocycles. The van der Waals surface area contributed by atoms with Crippen LogP contribution >= 0.6 is 0 Å². The highest BCUT2D eigenvalue weighted by molar-refractivity contribution is 5.98. The average Bonchev–Trinajstić information content (AvgIpc) is 2.65. The number of carbonyl (C=O) groups excluding carboxylic acids is 3. The lowest BCUT2D eigenvalue weighted by atomic mass is 10.0. The first-order valence-electron chi connectivity index (χ1n) is 8.91. The van der Waals surface area contributed by atoms with Crippen molar-refractivity contribution < 1.29 is 19.1 Å². The molecule has 26 heavy (non-hydrogen) atoms. The molecule has 2 rings (SSSR count). The number of hydrogen-bond donors (Lipinski definition) is 1. The van der Waals surface area contributed by atoms with Gasteiger partial charge in [0, 0.05) is 37.5 Å². The first kappa shape index (κ1) is 19.7. The number of ether oxygens (including phenoxy) is 1. The summed E-state index contributed by atoms with van der Waals surface area (Å²) in [6, 6.07) is 7.39. The number of likely N-dealkylation sites (tertiary alicyclic amines) is 1. The smallest absolute Gasteiger partial charge is 0.407 e. The molecule has 140 valence electrons. The van der Waals surface area contributed by atoms with Crippen LogP contribution in [0, 0.1) is 6.92 Å². The largest absolute Gasteiger partial charge is 0.445 e. The molecule has 0 atom stereocenters. The van der Waals surface area contributed by atoms with Crippen LogP contribution in [0.3, 0.4) is 0 Å². The van der Waals surface area contributed by atoms with E-state index in [0.717, 1.165) is 5.56 Å². The number of nitrogens with zero attached hydrogens (tertiary/aromatic N) is 1. The predicted molar refractivity (Wildman–Crippen MR) is 99.0 cm³/mol. The molecule has 1 N–H and O–H groups in total. The van der Waals surface area contributed by atoms with Gasteiger partial charge in [-0.3, -0.25) is 9.59 Å². The number of carbonyl (C=O) groups is 3. The predicted octanol–water partition coefficient (Wildman–Crippen LogP) is 2.86. The van der Waals surface area contributed by atoms with Gasteiger partial charge in [0.15, 0.2) is 5.78 Å². The summed E-state index contributed by atoms with van der Waals surface area (Å²) >= 11 is 0. The minimum atomic E-state index is -0.460. The Morgan fingerprint density at radius 1 is 1.19 bits per heavy atom. The highest BCUT2D eigenvalue weighted by atomic mass is 16.5. The second-order valence-electron chi connectivity index (χ2n) is 6.48. The van der Waals surface area contributed by atoms with Gasteiger partial charge in [0.25, 0.3) is 0 Å². The van der Waals surface area contributed by atoms with Gasteiger partial charge in [-0.1, -0.05) is 42.5 Å². The van der Waals surface area contributed by atoms with Crippen LogP contribution in [0.5, 0.6) is 0 Å². The van der Waals surface area contributed by atoms with E-state index in [9.17, 15) is 14.4 Å². The molecular weight excluding hydrogens is 332 g/mol. The third kappa shape index (κ3) is 6.02. The van der Waals surface area contributed by atoms with Crippen LogP contribution in [0.1, 0.15) is 41.6 Å². The molecule has 6 heteroatoms. The lowest BCUT2D eigenvalue weighted by Gasteiger charge is -2.32. The van der Waals surface area contributed by atoms with Crippen LogP contribution < -0.4 is 5.32 Å². The van der Waals surface area contributed by atoms with Gasteiger partial charge in [-0.05, 0) is 19.8 Å². The van der Waals surface area contributed by atoms with E-state index in [0.29, 0.717) is 31.5 Å². The van der Waals surface area contributed by atoms with Gasteiger partial charge in [0.1, 0.15) is 6.61 Å². The minimum absolute atomic E-state index is 0.00514. The van der Waals surface area contributed by atoms with E-state index in [4.69, 9.17) is 4.74 Å². The summed E-state index contributed by atoms with van der Waals surface area (Å²) in [4.78, 5) is 37.8. The summed E-state index contributed by atoms with van der Waals surface area (Å²) in [6.07, 6.45) is 2.85. The molecule has 1 aromatic rings. The van der Waals surface area contributed by atoms with Crippen molar-refractivity contribution in [1.82, 2.24) is 10.2 Å². The van der Waals surface area contributed by atoms with Crippen LogP contribution in [0.15, 0.2) is 36.9 Å². The number of hydrogen-bond acceptors (Lipinski definition) is 4. The molecule has 0 unspecified atom stereocenters. The van der Waals surface area contributed by atoms with E-state index >= 15 is 0 Å². The number of piperidine rings is 1. The maximum absolute atomic E-state index is 12.3. The summed E-state index contributed by atoms with van der Waals surface area (Å²) in [5.74, 6) is -0.0296. The van der Waals surface area contributed by atoms with E-state index in [2.05, 4.69) is 11.9 Å². The second-order valence-corrected chi connectivity index (χ2v) is 6.48. The summed E-state index contributed by atoms with van der Waals surface area (Å²) < 4.78 is 4.90. The van der Waals surface area contributed by atoms with Crippen molar-refractivity contribution in [3.05, 3.63) is 48.0 Å². The lowest BCUT2D eigenvalue weighted by molar-refractivity contribution is -0.132. The summed E-state index contributed by atoms with van der Waals surface area (Å²) in [5.41, 5.74) is 1.74. The molecule has 0 spiro atoms. The monoisotopic (exact) mass is 358 g/mol. The fourth-order valence-corrected chi connectivity index (χ4v) is 2.88. The number of alkyl carbamates (subject to hydrolysis) is 1. The summed E-state index contributed by atoms with van der Waals surface area (Å²) in [7, 11) is 0. The van der Waals surface area contributed by atoms with Gasteiger partial charge in [-0.2, -0.15) is 0 Å². The van der Waals surface area contributed by atoms with E-state index in [1.807, 2.05) is 19.1 Å². The van der Waals surface area contributed by atoms with Crippen molar-refractivity contribution in [1.29, 1.82) is 0 Å². The van der Waals surface area contributed by atoms with E-state index in [-0.39, 0.29) is 37.2 Å². The van der Waals surface area contributed by atoms with Gasteiger partial charge < -0.3 is 15.0 Å². The maximum atomic E-state index is 12.3.